The molecule has 0 aromatic heterocycles. The van der Waals surface area contributed by atoms with Gasteiger partial charge in [0.1, 0.15) is 6.61 Å². The molecule has 1 saturated heterocycles. The summed E-state index contributed by atoms with van der Waals surface area (Å²) in [4.78, 5) is 24.3. The highest BCUT2D eigenvalue weighted by Crippen LogP contribution is 2.29. The largest absolute Gasteiger partial charge is 0.462 e. The van der Waals surface area contributed by atoms with Crippen molar-refractivity contribution in [2.45, 2.75) is 225 Å². The summed E-state index contributed by atoms with van der Waals surface area (Å²) in [7, 11) is 0. The number of rotatable bonds is 38. The minimum absolute atomic E-state index is 0.0970. The first-order valence-electron chi connectivity index (χ1n) is 21.7. The number of epoxide rings is 1. The number of aliphatic hydroxyl groups excluding tert-OH is 1. The van der Waals surface area contributed by atoms with Crippen LogP contribution in [-0.4, -0.2) is 48.6 Å². The van der Waals surface area contributed by atoms with Gasteiger partial charge in [0.15, 0.2) is 6.10 Å². The van der Waals surface area contributed by atoms with Gasteiger partial charge in [0.25, 0.3) is 0 Å². The molecule has 0 spiro atoms. The van der Waals surface area contributed by atoms with Gasteiger partial charge in [-0.15, -0.1) is 0 Å². The van der Waals surface area contributed by atoms with E-state index in [9.17, 15) is 14.7 Å². The zero-order valence-electron chi connectivity index (χ0n) is 33.3. The average molecular weight is 717 g/mol. The van der Waals surface area contributed by atoms with Crippen LogP contribution in [0.3, 0.4) is 0 Å². The van der Waals surface area contributed by atoms with E-state index in [2.05, 4.69) is 50.3 Å². The van der Waals surface area contributed by atoms with Crippen LogP contribution in [-0.2, 0) is 23.8 Å². The number of unbranched alkanes of at least 4 members (excludes halogenated alkanes) is 22. The molecular formula is C45H80O6. The molecule has 6 heteroatoms. The Labute approximate surface area is 314 Å². The maximum absolute atomic E-state index is 12.2. The van der Waals surface area contributed by atoms with Crippen LogP contribution in [0.1, 0.15) is 206 Å². The van der Waals surface area contributed by atoms with Gasteiger partial charge in [0, 0.05) is 12.8 Å². The fourth-order valence-corrected chi connectivity index (χ4v) is 6.41. The highest BCUT2D eigenvalue weighted by atomic mass is 16.6. The summed E-state index contributed by atoms with van der Waals surface area (Å²) in [5.41, 5.74) is 0. The third-order valence-electron chi connectivity index (χ3n) is 9.84. The number of carbonyl (C=O) groups is 2. The van der Waals surface area contributed by atoms with Gasteiger partial charge in [-0.25, -0.2) is 0 Å². The zero-order chi connectivity index (χ0) is 36.9. The predicted octanol–water partition coefficient (Wildman–Crippen LogP) is 12.6. The summed E-state index contributed by atoms with van der Waals surface area (Å²) in [5.74, 6) is -0.657. The van der Waals surface area contributed by atoms with Gasteiger partial charge in [0.05, 0.1) is 18.8 Å². The van der Waals surface area contributed by atoms with Crippen molar-refractivity contribution in [2.24, 2.45) is 0 Å². The van der Waals surface area contributed by atoms with Crippen molar-refractivity contribution in [1.82, 2.24) is 0 Å². The van der Waals surface area contributed by atoms with Crippen LogP contribution in [0, 0.1) is 0 Å². The molecule has 0 bridgehead atoms. The van der Waals surface area contributed by atoms with E-state index in [-0.39, 0.29) is 25.2 Å². The summed E-state index contributed by atoms with van der Waals surface area (Å²) in [6.07, 6.45) is 48.1. The van der Waals surface area contributed by atoms with E-state index in [1.54, 1.807) is 0 Å². The number of esters is 2. The van der Waals surface area contributed by atoms with Crippen LogP contribution in [0.2, 0.25) is 0 Å². The fraction of sp³-hybridized carbons (Fsp3) is 0.822. The first-order chi connectivity index (χ1) is 25.1. The second-order valence-corrected chi connectivity index (χ2v) is 14.8. The Kier molecular flexibility index (Phi) is 33.7. The van der Waals surface area contributed by atoms with Crippen LogP contribution in [0.5, 0.6) is 0 Å². The molecule has 1 N–H and O–H groups in total. The van der Waals surface area contributed by atoms with Gasteiger partial charge >= 0.3 is 11.9 Å². The van der Waals surface area contributed by atoms with E-state index in [1.165, 1.54) is 128 Å². The molecule has 296 valence electrons. The summed E-state index contributed by atoms with van der Waals surface area (Å²) in [5, 5.41) is 9.58. The molecule has 2 unspecified atom stereocenters. The first kappa shape index (κ1) is 47.1. The Morgan fingerprint density at radius 2 is 0.980 bits per heavy atom. The Morgan fingerprint density at radius 1 is 0.549 bits per heavy atom. The third-order valence-corrected chi connectivity index (χ3v) is 9.84. The van der Waals surface area contributed by atoms with Crippen molar-refractivity contribution in [3.8, 4) is 0 Å². The van der Waals surface area contributed by atoms with Gasteiger partial charge in [-0.2, -0.15) is 0 Å². The highest BCUT2D eigenvalue weighted by molar-refractivity contribution is 5.70. The molecule has 0 saturated carbocycles. The normalized spacial score (nSPS) is 16.5. The molecule has 0 aliphatic carbocycles. The monoisotopic (exact) mass is 717 g/mol. The second kappa shape index (κ2) is 36.4. The van der Waals surface area contributed by atoms with E-state index in [0.29, 0.717) is 31.5 Å². The Hall–Kier alpha value is -1.92. The minimum Gasteiger partial charge on any atom is -0.462 e. The predicted molar refractivity (Wildman–Crippen MR) is 214 cm³/mol. The van der Waals surface area contributed by atoms with Gasteiger partial charge in [0.2, 0.25) is 0 Å². The Bertz CT molecular complexity index is 880. The maximum Gasteiger partial charge on any atom is 0.306 e. The van der Waals surface area contributed by atoms with Crippen LogP contribution >= 0.6 is 0 Å². The molecule has 1 fully saturated rings. The molecule has 1 rings (SSSR count). The lowest BCUT2D eigenvalue weighted by atomic mass is 10.0. The van der Waals surface area contributed by atoms with Crippen LogP contribution in [0.4, 0.5) is 0 Å². The summed E-state index contributed by atoms with van der Waals surface area (Å²) in [6, 6.07) is 0. The number of hydrogen-bond acceptors (Lipinski definition) is 6. The van der Waals surface area contributed by atoms with Crippen molar-refractivity contribution in [1.29, 1.82) is 0 Å². The first-order valence-corrected chi connectivity index (χ1v) is 21.7. The second-order valence-electron chi connectivity index (χ2n) is 14.8. The number of aliphatic hydroxyl groups is 1. The standard InChI is InChI=1S/C45H80O6/c1-3-5-7-9-11-13-14-15-16-17-18-19-20-21-22-24-26-28-34-38-45(48)50-41(39-46)40-49-44(47)37-33-30-29-32-36-43-42(51-43)35-31-27-25-23-12-10-8-6-4-2/h12,23,27,29,31-32,41-43,46H,3-11,13-22,24-26,28,30,33-40H2,1-2H3/b23-12-,31-27-,32-29-/t41-,42?,43?/m0/s1. The van der Waals surface area contributed by atoms with Crippen LogP contribution < -0.4 is 0 Å². The van der Waals surface area contributed by atoms with Gasteiger partial charge in [-0.3, -0.25) is 9.59 Å². The van der Waals surface area contributed by atoms with Gasteiger partial charge < -0.3 is 19.3 Å². The van der Waals surface area contributed by atoms with Gasteiger partial charge in [-0.1, -0.05) is 179 Å². The maximum atomic E-state index is 12.2. The van der Waals surface area contributed by atoms with E-state index in [0.717, 1.165) is 44.9 Å². The molecule has 51 heavy (non-hydrogen) atoms. The summed E-state index contributed by atoms with van der Waals surface area (Å²) >= 11 is 0. The van der Waals surface area contributed by atoms with Crippen molar-refractivity contribution in [2.75, 3.05) is 13.2 Å². The van der Waals surface area contributed by atoms with E-state index in [4.69, 9.17) is 14.2 Å². The van der Waals surface area contributed by atoms with E-state index in [1.807, 2.05) is 0 Å². The van der Waals surface area contributed by atoms with Crippen molar-refractivity contribution in [3.05, 3.63) is 36.5 Å². The van der Waals surface area contributed by atoms with Crippen LogP contribution in [0.25, 0.3) is 0 Å². The molecule has 0 amide bonds. The van der Waals surface area contributed by atoms with Crippen molar-refractivity contribution >= 4 is 11.9 Å². The molecule has 0 aromatic carbocycles. The lowest BCUT2D eigenvalue weighted by Crippen LogP contribution is -2.28. The molecule has 3 atom stereocenters. The Balaban J connectivity index is 1.89. The quantitative estimate of drug-likeness (QED) is 0.0296. The molecule has 0 aromatic rings. The van der Waals surface area contributed by atoms with Crippen molar-refractivity contribution < 1.29 is 28.9 Å². The molecule has 1 aliphatic rings. The number of carbonyl (C=O) groups excluding carboxylic acids is 2. The zero-order valence-corrected chi connectivity index (χ0v) is 33.3. The van der Waals surface area contributed by atoms with E-state index < -0.39 is 6.10 Å². The summed E-state index contributed by atoms with van der Waals surface area (Å²) in [6.45, 7) is 4.07. The van der Waals surface area contributed by atoms with Crippen molar-refractivity contribution in [3.63, 3.8) is 0 Å². The average Bonchev–Trinajstić information content (AvgIpc) is 3.89. The van der Waals surface area contributed by atoms with Gasteiger partial charge in [-0.05, 0) is 51.4 Å². The smallest absolute Gasteiger partial charge is 0.306 e. The molecule has 1 heterocycles. The van der Waals surface area contributed by atoms with Crippen LogP contribution in [0.15, 0.2) is 36.5 Å². The number of allylic oxidation sites excluding steroid dienone is 4. The molecule has 1 aliphatic heterocycles. The van der Waals surface area contributed by atoms with E-state index >= 15 is 0 Å². The molecular weight excluding hydrogens is 636 g/mol. The SMILES string of the molecule is CCCCC/C=C\C/C=C\CC1OC1C/C=C\CCCC(=O)OC[C@H](CO)OC(=O)CCCCCCCCCCCCCCCCCCCCC. The number of hydrogen-bond donors (Lipinski definition) is 1. The topological polar surface area (TPSA) is 85.4 Å². The minimum atomic E-state index is -0.796. The summed E-state index contributed by atoms with van der Waals surface area (Å²) < 4.78 is 16.4. The fourth-order valence-electron chi connectivity index (χ4n) is 6.41. The lowest BCUT2D eigenvalue weighted by molar-refractivity contribution is -0.161. The third kappa shape index (κ3) is 32.5. The Morgan fingerprint density at radius 3 is 1.53 bits per heavy atom. The molecule has 6 nitrogen and oxygen atoms in total. The highest BCUT2D eigenvalue weighted by Gasteiger charge is 2.35. The lowest BCUT2D eigenvalue weighted by Gasteiger charge is -2.15. The molecule has 0 radical (unpaired) electrons. The number of ether oxygens (including phenoxy) is 3.